The van der Waals surface area contributed by atoms with Gasteiger partial charge < -0.3 is 15.5 Å². The Morgan fingerprint density at radius 1 is 0.789 bits per heavy atom. The van der Waals surface area contributed by atoms with Gasteiger partial charge in [0, 0.05) is 24.2 Å². The second kappa shape index (κ2) is 16.4. The summed E-state index contributed by atoms with van der Waals surface area (Å²) in [6.07, 6.45) is 1.16. The molecule has 4 N–H and O–H groups in total. The van der Waals surface area contributed by atoms with E-state index in [1.54, 1.807) is 6.08 Å². The summed E-state index contributed by atoms with van der Waals surface area (Å²) in [6.45, 7) is 16.5. The fourth-order valence-electron chi connectivity index (χ4n) is 3.04. The molecule has 1 rings (SSSR count). The number of hydrogen-bond acceptors (Lipinski definition) is 6. The zero-order chi connectivity index (χ0) is 28.8. The predicted octanol–water partition coefficient (Wildman–Crippen LogP) is 3.51. The number of carbonyl (C=O) groups excluding carboxylic acids is 4. The molecule has 0 saturated carbocycles. The Hall–Kier alpha value is -3.40. The van der Waals surface area contributed by atoms with Gasteiger partial charge in [-0.05, 0) is 54.4 Å². The number of rotatable bonds is 15. The third-order valence-corrected chi connectivity index (χ3v) is 4.98. The van der Waals surface area contributed by atoms with Crippen LogP contribution in [0.1, 0.15) is 82.5 Å². The van der Waals surface area contributed by atoms with Gasteiger partial charge in [-0.1, -0.05) is 61.5 Å². The second-order valence-electron chi connectivity index (χ2n) is 10.8. The highest BCUT2D eigenvalue weighted by atomic mass is 16.7. The minimum atomic E-state index is -0.856. The lowest BCUT2D eigenvalue weighted by Crippen LogP contribution is -2.42. The topological polar surface area (TPSA) is 135 Å². The Kier molecular flexibility index (Phi) is 14.1. The van der Waals surface area contributed by atoms with E-state index in [-0.39, 0.29) is 46.5 Å². The van der Waals surface area contributed by atoms with Crippen molar-refractivity contribution in [1.82, 2.24) is 21.6 Å². The van der Waals surface area contributed by atoms with Crippen molar-refractivity contribution in [3.8, 4) is 0 Å². The van der Waals surface area contributed by atoms with Crippen LogP contribution in [0.4, 0.5) is 0 Å². The molecule has 0 saturated heterocycles. The van der Waals surface area contributed by atoms with Crippen molar-refractivity contribution < 1.29 is 28.9 Å². The van der Waals surface area contributed by atoms with Crippen molar-refractivity contribution in [2.75, 3.05) is 13.1 Å². The SMILES string of the molecule is CC(C)/C=C(/ONC(=O)c1cccc(C(=O)NO[C@H](CC(C)C)C(=O)NCC(C)C)c1)C(=O)NCC(C)C. The summed E-state index contributed by atoms with van der Waals surface area (Å²) in [5.41, 5.74) is 4.88. The first kappa shape index (κ1) is 32.6. The lowest BCUT2D eigenvalue weighted by atomic mass is 10.1. The van der Waals surface area contributed by atoms with Crippen molar-refractivity contribution in [2.24, 2.45) is 23.7 Å². The number of amides is 4. The van der Waals surface area contributed by atoms with E-state index in [1.807, 2.05) is 55.4 Å². The molecule has 0 heterocycles. The highest BCUT2D eigenvalue weighted by Crippen LogP contribution is 2.11. The summed E-state index contributed by atoms with van der Waals surface area (Å²) in [7, 11) is 0. The van der Waals surface area contributed by atoms with Crippen LogP contribution in [-0.2, 0) is 19.3 Å². The molecule has 0 unspecified atom stereocenters. The van der Waals surface area contributed by atoms with Crippen LogP contribution < -0.4 is 21.6 Å². The number of nitrogens with one attached hydrogen (secondary N) is 4. The largest absolute Gasteiger partial charge is 0.374 e. The number of benzene rings is 1. The van der Waals surface area contributed by atoms with E-state index in [9.17, 15) is 19.2 Å². The van der Waals surface area contributed by atoms with E-state index < -0.39 is 23.8 Å². The molecule has 0 aliphatic carbocycles. The first-order valence-corrected chi connectivity index (χ1v) is 13.1. The normalized spacial score (nSPS) is 12.5. The Morgan fingerprint density at radius 3 is 1.87 bits per heavy atom. The van der Waals surface area contributed by atoms with Crippen molar-refractivity contribution in [2.45, 2.75) is 67.9 Å². The van der Waals surface area contributed by atoms with Crippen LogP contribution in [0.3, 0.4) is 0 Å². The molecule has 1 aromatic rings. The van der Waals surface area contributed by atoms with Crippen LogP contribution in [0.15, 0.2) is 36.1 Å². The van der Waals surface area contributed by atoms with Crippen LogP contribution in [-0.4, -0.2) is 42.8 Å². The maximum Gasteiger partial charge on any atom is 0.289 e. The summed E-state index contributed by atoms with van der Waals surface area (Å²) in [6, 6.07) is 5.90. The average molecular weight is 533 g/mol. The van der Waals surface area contributed by atoms with Gasteiger partial charge in [-0.25, -0.2) is 5.48 Å². The fourth-order valence-corrected chi connectivity index (χ4v) is 3.04. The van der Waals surface area contributed by atoms with Gasteiger partial charge in [-0.3, -0.25) is 24.0 Å². The Labute approximate surface area is 226 Å². The monoisotopic (exact) mass is 532 g/mol. The molecule has 0 aromatic heterocycles. The van der Waals surface area contributed by atoms with Gasteiger partial charge in [0.25, 0.3) is 23.6 Å². The first-order valence-electron chi connectivity index (χ1n) is 13.1. The number of hydroxylamine groups is 2. The van der Waals surface area contributed by atoms with Crippen LogP contribution in [0.2, 0.25) is 0 Å². The van der Waals surface area contributed by atoms with E-state index >= 15 is 0 Å². The zero-order valence-corrected chi connectivity index (χ0v) is 23.8. The van der Waals surface area contributed by atoms with Crippen molar-refractivity contribution in [3.63, 3.8) is 0 Å². The van der Waals surface area contributed by atoms with Gasteiger partial charge in [-0.2, -0.15) is 5.48 Å². The predicted molar refractivity (Wildman–Crippen MR) is 145 cm³/mol. The summed E-state index contributed by atoms with van der Waals surface area (Å²) < 4.78 is 0. The molecular weight excluding hydrogens is 488 g/mol. The second-order valence-corrected chi connectivity index (χ2v) is 10.8. The molecule has 10 nitrogen and oxygen atoms in total. The van der Waals surface area contributed by atoms with Gasteiger partial charge in [0.05, 0.1) is 0 Å². The highest BCUT2D eigenvalue weighted by molar-refractivity contribution is 5.99. The average Bonchev–Trinajstić information content (AvgIpc) is 2.85. The summed E-state index contributed by atoms with van der Waals surface area (Å²) in [5, 5.41) is 5.57. The number of allylic oxidation sites excluding steroid dienone is 1. The van der Waals surface area contributed by atoms with E-state index in [0.29, 0.717) is 19.5 Å². The molecule has 0 spiro atoms. The van der Waals surface area contributed by atoms with Gasteiger partial charge in [-0.15, -0.1) is 0 Å². The Morgan fingerprint density at radius 2 is 1.34 bits per heavy atom. The van der Waals surface area contributed by atoms with E-state index in [4.69, 9.17) is 9.68 Å². The summed E-state index contributed by atoms with van der Waals surface area (Å²) in [4.78, 5) is 61.1. The molecule has 0 fully saturated rings. The molecule has 10 heteroatoms. The number of hydrogen-bond donors (Lipinski definition) is 4. The van der Waals surface area contributed by atoms with Gasteiger partial charge >= 0.3 is 0 Å². The van der Waals surface area contributed by atoms with Crippen molar-refractivity contribution in [3.05, 3.63) is 47.2 Å². The van der Waals surface area contributed by atoms with E-state index in [0.717, 1.165) is 0 Å². The quantitative estimate of drug-likeness (QED) is 0.155. The molecule has 38 heavy (non-hydrogen) atoms. The van der Waals surface area contributed by atoms with Crippen LogP contribution >= 0.6 is 0 Å². The third-order valence-electron chi connectivity index (χ3n) is 4.98. The minimum Gasteiger partial charge on any atom is -0.374 e. The Balaban J connectivity index is 2.84. The molecule has 1 atom stereocenters. The molecule has 0 bridgehead atoms. The lowest BCUT2D eigenvalue weighted by Gasteiger charge is -2.20. The van der Waals surface area contributed by atoms with E-state index in [1.165, 1.54) is 24.3 Å². The molecular formula is C28H44N4O6. The van der Waals surface area contributed by atoms with E-state index in [2.05, 4.69) is 21.6 Å². The van der Waals surface area contributed by atoms with Gasteiger partial charge in [0.1, 0.15) is 0 Å². The van der Waals surface area contributed by atoms with Gasteiger partial charge in [0.2, 0.25) is 5.76 Å². The molecule has 0 aliphatic rings. The smallest absolute Gasteiger partial charge is 0.289 e. The molecule has 4 amide bonds. The van der Waals surface area contributed by atoms with Crippen LogP contribution in [0.25, 0.3) is 0 Å². The zero-order valence-electron chi connectivity index (χ0n) is 23.8. The van der Waals surface area contributed by atoms with Crippen molar-refractivity contribution in [1.29, 1.82) is 0 Å². The Bertz CT molecular complexity index is 972. The lowest BCUT2D eigenvalue weighted by molar-refractivity contribution is -0.137. The van der Waals surface area contributed by atoms with Crippen LogP contribution in [0, 0.1) is 23.7 Å². The third kappa shape index (κ3) is 12.7. The minimum absolute atomic E-state index is 0.00528. The number of carbonyl (C=O) groups is 4. The molecule has 212 valence electrons. The van der Waals surface area contributed by atoms with Crippen LogP contribution in [0.5, 0.6) is 0 Å². The first-order chi connectivity index (χ1) is 17.8. The van der Waals surface area contributed by atoms with Gasteiger partial charge in [0.15, 0.2) is 6.10 Å². The van der Waals surface area contributed by atoms with Crippen molar-refractivity contribution >= 4 is 23.6 Å². The maximum absolute atomic E-state index is 12.7. The molecule has 0 radical (unpaired) electrons. The fraction of sp³-hybridized carbons (Fsp3) is 0.571. The molecule has 0 aliphatic heterocycles. The standard InChI is InChI=1S/C28H44N4O6/c1-17(2)12-23(27(35)29-15-19(5)6)37-31-25(33)21-10-9-11-22(14-21)26(34)32-38-24(13-18(3)4)28(36)30-16-20(7)8/h9-12,14,17-20,24H,13,15-16H2,1-8H3,(H,29,35)(H,30,36)(H,31,33)(H,32,34)/b23-12+/t24-/m1/s1. The molecule has 1 aromatic carbocycles. The summed E-state index contributed by atoms with van der Waals surface area (Å²) >= 11 is 0. The highest BCUT2D eigenvalue weighted by Gasteiger charge is 2.23. The maximum atomic E-state index is 12.7. The summed E-state index contributed by atoms with van der Waals surface area (Å²) in [5.74, 6) is -1.33.